The first-order chi connectivity index (χ1) is 13.3. The molecule has 3 rings (SSSR count). The first kappa shape index (κ1) is 21.1. The topological polar surface area (TPSA) is 87.7 Å². The van der Waals surface area contributed by atoms with E-state index >= 15 is 0 Å². The van der Waals surface area contributed by atoms with Gasteiger partial charge in [0.15, 0.2) is 0 Å². The molecule has 1 saturated carbocycles. The van der Waals surface area contributed by atoms with E-state index in [1.807, 2.05) is 24.3 Å². The number of sulfonamides is 1. The maximum Gasteiger partial charge on any atom is 0.227 e. The zero-order valence-corrected chi connectivity index (χ0v) is 17.5. The van der Waals surface area contributed by atoms with E-state index in [9.17, 15) is 13.2 Å². The van der Waals surface area contributed by atoms with Crippen LogP contribution in [0.1, 0.15) is 39.5 Å². The molecule has 0 aromatic heterocycles. The van der Waals surface area contributed by atoms with Crippen LogP contribution >= 0.6 is 0 Å². The molecule has 0 unspecified atom stereocenters. The molecule has 2 fully saturated rings. The lowest BCUT2D eigenvalue weighted by Crippen LogP contribution is -2.42. The van der Waals surface area contributed by atoms with Crippen molar-refractivity contribution < 1.29 is 17.9 Å². The Hall–Kier alpha value is -1.64. The second-order valence-electron chi connectivity index (χ2n) is 7.90. The van der Waals surface area contributed by atoms with Gasteiger partial charge in [-0.3, -0.25) is 4.79 Å². The lowest BCUT2D eigenvalue weighted by molar-refractivity contribution is -0.120. The monoisotopic (exact) mass is 409 g/mol. The normalized spacial score (nSPS) is 23.6. The van der Waals surface area contributed by atoms with Crippen molar-refractivity contribution in [1.82, 2.24) is 4.72 Å². The third kappa shape index (κ3) is 5.46. The smallest absolute Gasteiger partial charge is 0.227 e. The second-order valence-corrected chi connectivity index (χ2v) is 10.2. The molecule has 1 aliphatic heterocycles. The number of amides is 1. The largest absolute Gasteiger partial charge is 0.378 e. The van der Waals surface area contributed by atoms with Crippen LogP contribution in [0.5, 0.6) is 0 Å². The Morgan fingerprint density at radius 2 is 1.82 bits per heavy atom. The number of benzene rings is 1. The Morgan fingerprint density at radius 3 is 2.46 bits per heavy atom. The van der Waals surface area contributed by atoms with Crippen molar-refractivity contribution in [2.45, 2.75) is 50.8 Å². The molecule has 7 nitrogen and oxygen atoms in total. The van der Waals surface area contributed by atoms with Crippen molar-refractivity contribution >= 4 is 27.3 Å². The van der Waals surface area contributed by atoms with Gasteiger partial charge in [0.2, 0.25) is 15.9 Å². The number of nitrogens with one attached hydrogen (secondary N) is 2. The minimum absolute atomic E-state index is 0.0179. The lowest BCUT2D eigenvalue weighted by atomic mass is 9.86. The van der Waals surface area contributed by atoms with E-state index < -0.39 is 15.3 Å². The Bertz CT molecular complexity index is 767. The molecule has 0 bridgehead atoms. The molecule has 28 heavy (non-hydrogen) atoms. The summed E-state index contributed by atoms with van der Waals surface area (Å²) in [6, 6.07) is 7.85. The van der Waals surface area contributed by atoms with Crippen molar-refractivity contribution in [3.05, 3.63) is 24.3 Å². The fourth-order valence-corrected chi connectivity index (χ4v) is 4.66. The molecule has 1 aromatic carbocycles. The summed E-state index contributed by atoms with van der Waals surface area (Å²) in [7, 11) is -3.26. The van der Waals surface area contributed by atoms with Crippen molar-refractivity contribution in [2.75, 3.05) is 36.5 Å². The van der Waals surface area contributed by atoms with Crippen LogP contribution in [0.2, 0.25) is 0 Å². The third-order valence-corrected chi connectivity index (χ3v) is 7.44. The zero-order valence-electron chi connectivity index (χ0n) is 16.7. The molecule has 1 amide bonds. The van der Waals surface area contributed by atoms with Gasteiger partial charge in [-0.15, -0.1) is 0 Å². The molecule has 1 aliphatic carbocycles. The number of hydrogen-bond donors (Lipinski definition) is 2. The van der Waals surface area contributed by atoms with Crippen LogP contribution in [0.4, 0.5) is 11.4 Å². The van der Waals surface area contributed by atoms with E-state index in [-0.39, 0.29) is 17.9 Å². The predicted molar refractivity (Wildman–Crippen MR) is 111 cm³/mol. The average Bonchev–Trinajstić information content (AvgIpc) is 2.69. The van der Waals surface area contributed by atoms with Crippen LogP contribution in [-0.2, 0) is 19.6 Å². The van der Waals surface area contributed by atoms with Gasteiger partial charge in [0.25, 0.3) is 0 Å². The van der Waals surface area contributed by atoms with Gasteiger partial charge >= 0.3 is 0 Å². The van der Waals surface area contributed by atoms with Crippen molar-refractivity contribution in [3.8, 4) is 0 Å². The fourth-order valence-electron chi connectivity index (χ4n) is 3.69. The Balaban J connectivity index is 1.52. The SMILES string of the molecule is CC(C)S(=O)(=O)N[C@H]1CC[C@H](C(=O)Nc2cccc(N3CCOCC3)c2)CC1. The zero-order chi connectivity index (χ0) is 20.1. The predicted octanol–water partition coefficient (Wildman–Crippen LogP) is 2.35. The van der Waals surface area contributed by atoms with E-state index in [2.05, 4.69) is 14.9 Å². The molecular weight excluding hydrogens is 378 g/mol. The van der Waals surface area contributed by atoms with Gasteiger partial charge in [0.1, 0.15) is 0 Å². The van der Waals surface area contributed by atoms with E-state index in [1.54, 1.807) is 13.8 Å². The van der Waals surface area contributed by atoms with Crippen LogP contribution in [0, 0.1) is 5.92 Å². The summed E-state index contributed by atoms with van der Waals surface area (Å²) in [5.41, 5.74) is 1.89. The number of anilines is 2. The summed E-state index contributed by atoms with van der Waals surface area (Å²) in [6.07, 6.45) is 2.77. The van der Waals surface area contributed by atoms with E-state index in [0.29, 0.717) is 25.7 Å². The summed E-state index contributed by atoms with van der Waals surface area (Å²) in [4.78, 5) is 14.9. The molecule has 0 atom stereocenters. The van der Waals surface area contributed by atoms with Crippen molar-refractivity contribution in [3.63, 3.8) is 0 Å². The Morgan fingerprint density at radius 1 is 1.14 bits per heavy atom. The Labute approximate surface area is 167 Å². The number of rotatable bonds is 6. The van der Waals surface area contributed by atoms with Gasteiger partial charge in [0.05, 0.1) is 18.5 Å². The van der Waals surface area contributed by atoms with E-state index in [0.717, 1.165) is 37.7 Å². The summed E-state index contributed by atoms with van der Waals surface area (Å²) >= 11 is 0. The van der Waals surface area contributed by atoms with Gasteiger partial charge in [-0.05, 0) is 57.7 Å². The number of carbonyl (C=O) groups excluding carboxylic acids is 1. The highest BCUT2D eigenvalue weighted by atomic mass is 32.2. The molecule has 8 heteroatoms. The first-order valence-electron chi connectivity index (χ1n) is 10.1. The maximum absolute atomic E-state index is 12.7. The molecule has 2 N–H and O–H groups in total. The van der Waals surface area contributed by atoms with Crippen LogP contribution in [0.3, 0.4) is 0 Å². The first-order valence-corrected chi connectivity index (χ1v) is 11.6. The van der Waals surface area contributed by atoms with Crippen LogP contribution in [0.15, 0.2) is 24.3 Å². The number of hydrogen-bond acceptors (Lipinski definition) is 5. The molecule has 0 radical (unpaired) electrons. The standard InChI is InChI=1S/C20H31N3O4S/c1-15(2)28(25,26)22-17-8-6-16(7-9-17)20(24)21-18-4-3-5-19(14-18)23-10-12-27-13-11-23/h3-5,14-17,22H,6-13H2,1-2H3,(H,21,24)/t16-,17-. The van der Waals surface area contributed by atoms with Gasteiger partial charge in [-0.1, -0.05) is 6.07 Å². The summed E-state index contributed by atoms with van der Waals surface area (Å²) in [5, 5.41) is 2.60. The number of morpholine rings is 1. The minimum atomic E-state index is -3.26. The van der Waals surface area contributed by atoms with Gasteiger partial charge in [-0.25, -0.2) is 13.1 Å². The van der Waals surface area contributed by atoms with Crippen molar-refractivity contribution in [2.24, 2.45) is 5.92 Å². The maximum atomic E-state index is 12.7. The molecule has 1 saturated heterocycles. The van der Waals surface area contributed by atoms with Crippen LogP contribution in [-0.4, -0.2) is 51.9 Å². The van der Waals surface area contributed by atoms with Gasteiger partial charge in [-0.2, -0.15) is 0 Å². The van der Waals surface area contributed by atoms with Gasteiger partial charge in [0, 0.05) is 36.4 Å². The summed E-state index contributed by atoms with van der Waals surface area (Å²) < 4.78 is 32.2. The van der Waals surface area contributed by atoms with Crippen LogP contribution in [0.25, 0.3) is 0 Å². The third-order valence-electron chi connectivity index (χ3n) is 5.54. The fraction of sp³-hybridized carbons (Fsp3) is 0.650. The van der Waals surface area contributed by atoms with E-state index in [1.165, 1.54) is 0 Å². The van der Waals surface area contributed by atoms with E-state index in [4.69, 9.17) is 4.74 Å². The van der Waals surface area contributed by atoms with Crippen LogP contribution < -0.4 is 14.9 Å². The second kappa shape index (κ2) is 9.24. The molecule has 156 valence electrons. The Kier molecular flexibility index (Phi) is 6.95. The molecule has 1 aromatic rings. The quantitative estimate of drug-likeness (QED) is 0.753. The molecular formula is C20H31N3O4S. The highest BCUT2D eigenvalue weighted by Gasteiger charge is 2.29. The number of nitrogens with zero attached hydrogens (tertiary/aromatic N) is 1. The average molecular weight is 410 g/mol. The summed E-state index contributed by atoms with van der Waals surface area (Å²) in [5.74, 6) is -0.0591. The molecule has 0 spiro atoms. The molecule has 1 heterocycles. The van der Waals surface area contributed by atoms with Gasteiger partial charge < -0.3 is 15.0 Å². The van der Waals surface area contributed by atoms with Crippen molar-refractivity contribution in [1.29, 1.82) is 0 Å². The summed E-state index contributed by atoms with van der Waals surface area (Å²) in [6.45, 7) is 6.50. The minimum Gasteiger partial charge on any atom is -0.378 e. The number of ether oxygens (including phenoxy) is 1. The highest BCUT2D eigenvalue weighted by molar-refractivity contribution is 7.90. The lowest BCUT2D eigenvalue weighted by Gasteiger charge is -2.30. The molecule has 2 aliphatic rings. The number of carbonyl (C=O) groups is 1. The highest BCUT2D eigenvalue weighted by Crippen LogP contribution is 2.27.